The first kappa shape index (κ1) is 11.5. The third kappa shape index (κ3) is 11.3. The second kappa shape index (κ2) is 10.6. The lowest BCUT2D eigenvalue weighted by atomic mass is 10.7. The topological polar surface area (TPSA) is 21.3 Å². The van der Waals surface area contributed by atoms with Crippen molar-refractivity contribution in [3.63, 3.8) is 0 Å². The molecule has 0 heterocycles. The van der Waals surface area contributed by atoms with E-state index in [1.807, 2.05) is 0 Å². The zero-order valence-electron chi connectivity index (χ0n) is 5.30. The summed E-state index contributed by atoms with van der Waals surface area (Å²) < 4.78 is 0. The molecule has 0 aromatic heterocycles. The van der Waals surface area contributed by atoms with Crippen LogP contribution in [0.4, 0.5) is 0 Å². The van der Waals surface area contributed by atoms with Crippen LogP contribution in [0.25, 0.3) is 0 Å². The van der Waals surface area contributed by atoms with E-state index in [1.165, 1.54) is 0 Å². The maximum absolute atomic E-state index is 4.78. The molecule has 0 aliphatic heterocycles. The van der Waals surface area contributed by atoms with Gasteiger partial charge in [-0.1, -0.05) is 12.2 Å². The monoisotopic (exact) mass is 149 g/mol. The summed E-state index contributed by atoms with van der Waals surface area (Å²) in [4.78, 5) is 4.78. The average Bonchev–Trinajstić information content (AvgIpc) is 1.81. The number of rotatable bonds is 5. The molecular weight excluding hydrogens is 138 g/mol. The zero-order chi connectivity index (χ0) is 6.24. The van der Waals surface area contributed by atoms with Gasteiger partial charge >= 0.3 is 0 Å². The second-order valence-electron chi connectivity index (χ2n) is 1.24. The summed E-state index contributed by atoms with van der Waals surface area (Å²) in [6, 6.07) is 0. The minimum Gasteiger partial charge on any atom is -0.297 e. The van der Waals surface area contributed by atoms with E-state index in [-0.39, 0.29) is 12.4 Å². The summed E-state index contributed by atoms with van der Waals surface area (Å²) >= 11 is 0. The van der Waals surface area contributed by atoms with Gasteiger partial charge in [0.1, 0.15) is 0 Å². The van der Waals surface area contributed by atoms with E-state index in [0.29, 0.717) is 13.2 Å². The van der Waals surface area contributed by atoms with Gasteiger partial charge in [0.2, 0.25) is 0 Å². The van der Waals surface area contributed by atoms with Crippen molar-refractivity contribution in [2.45, 2.75) is 0 Å². The van der Waals surface area contributed by atoms with Crippen LogP contribution in [0.5, 0.6) is 0 Å². The van der Waals surface area contributed by atoms with Crippen LogP contribution in [0.2, 0.25) is 0 Å². The highest BCUT2D eigenvalue weighted by atomic mass is 35.5. The fraction of sp³-hybridized carbons (Fsp3) is 0.333. The smallest absolute Gasteiger partial charge is 0.0861 e. The van der Waals surface area contributed by atoms with Crippen LogP contribution >= 0.6 is 12.4 Å². The lowest BCUT2D eigenvalue weighted by molar-refractivity contribution is 0.0709. The molecule has 0 aromatic rings. The van der Waals surface area contributed by atoms with Gasteiger partial charge in [0.25, 0.3) is 0 Å². The number of nitrogens with one attached hydrogen (secondary N) is 1. The Balaban J connectivity index is 0. The minimum absolute atomic E-state index is 0. The molecule has 0 unspecified atom stereocenters. The van der Waals surface area contributed by atoms with Crippen LogP contribution in [0, 0.1) is 0 Å². The first-order valence-electron chi connectivity index (χ1n) is 2.48. The quantitative estimate of drug-likeness (QED) is 0.362. The SMILES string of the molecule is C=CCNOCC=C.Cl. The Kier molecular flexibility index (Phi) is 13.6. The van der Waals surface area contributed by atoms with Crippen molar-refractivity contribution in [3.05, 3.63) is 25.3 Å². The van der Waals surface area contributed by atoms with Crippen LogP contribution < -0.4 is 5.48 Å². The molecule has 3 heteroatoms. The van der Waals surface area contributed by atoms with Crippen LogP contribution in [0.3, 0.4) is 0 Å². The standard InChI is InChI=1S/C6H11NO.ClH/c1-3-5-7-8-6-4-2;/h3-4,7H,1-2,5-6H2;1H. The summed E-state index contributed by atoms with van der Waals surface area (Å²) in [5.41, 5.74) is 2.65. The third-order valence-electron chi connectivity index (χ3n) is 0.531. The molecule has 0 rings (SSSR count). The summed E-state index contributed by atoms with van der Waals surface area (Å²) in [5.74, 6) is 0. The summed E-state index contributed by atoms with van der Waals surface area (Å²) in [6.45, 7) is 8.17. The van der Waals surface area contributed by atoms with E-state index in [0.717, 1.165) is 0 Å². The predicted octanol–water partition coefficient (Wildman–Crippen LogP) is 1.30. The fourth-order valence-corrected chi connectivity index (χ4v) is 0.236. The molecule has 54 valence electrons. The van der Waals surface area contributed by atoms with Crippen molar-refractivity contribution in [1.82, 2.24) is 5.48 Å². The minimum atomic E-state index is 0. The Morgan fingerprint density at radius 3 is 2.44 bits per heavy atom. The third-order valence-corrected chi connectivity index (χ3v) is 0.531. The van der Waals surface area contributed by atoms with E-state index >= 15 is 0 Å². The lowest BCUT2D eigenvalue weighted by Gasteiger charge is -1.96. The van der Waals surface area contributed by atoms with Gasteiger partial charge < -0.3 is 0 Å². The molecule has 0 atom stereocenters. The molecule has 0 aromatic carbocycles. The highest BCUT2D eigenvalue weighted by Crippen LogP contribution is 1.66. The molecule has 0 bridgehead atoms. The second-order valence-corrected chi connectivity index (χ2v) is 1.24. The Labute approximate surface area is 62.0 Å². The van der Waals surface area contributed by atoms with Crippen molar-refractivity contribution in [1.29, 1.82) is 0 Å². The van der Waals surface area contributed by atoms with Gasteiger partial charge in [-0.2, -0.15) is 5.48 Å². The Morgan fingerprint density at radius 2 is 2.00 bits per heavy atom. The molecule has 2 nitrogen and oxygen atoms in total. The highest BCUT2D eigenvalue weighted by Gasteiger charge is 1.74. The first-order valence-corrected chi connectivity index (χ1v) is 2.48. The molecule has 1 N–H and O–H groups in total. The summed E-state index contributed by atoms with van der Waals surface area (Å²) in [6.07, 6.45) is 3.40. The normalized spacial score (nSPS) is 7.56. The van der Waals surface area contributed by atoms with Crippen LogP contribution in [0.15, 0.2) is 25.3 Å². The van der Waals surface area contributed by atoms with Gasteiger partial charge in [-0.25, -0.2) is 0 Å². The number of hydrogen-bond donors (Lipinski definition) is 1. The zero-order valence-corrected chi connectivity index (χ0v) is 6.12. The molecule has 0 aliphatic rings. The maximum atomic E-state index is 4.78. The van der Waals surface area contributed by atoms with Crippen LogP contribution in [0.1, 0.15) is 0 Å². The van der Waals surface area contributed by atoms with Crippen molar-refractivity contribution < 1.29 is 4.84 Å². The van der Waals surface area contributed by atoms with Crippen molar-refractivity contribution in [3.8, 4) is 0 Å². The van der Waals surface area contributed by atoms with Crippen LogP contribution in [-0.2, 0) is 4.84 Å². The van der Waals surface area contributed by atoms with E-state index in [9.17, 15) is 0 Å². The average molecular weight is 150 g/mol. The van der Waals surface area contributed by atoms with Crippen molar-refractivity contribution in [2.75, 3.05) is 13.2 Å². The Hall–Kier alpha value is -0.310. The molecule has 0 fully saturated rings. The lowest BCUT2D eigenvalue weighted by Crippen LogP contribution is -2.13. The van der Waals surface area contributed by atoms with E-state index in [4.69, 9.17) is 4.84 Å². The van der Waals surface area contributed by atoms with Crippen LogP contribution in [-0.4, -0.2) is 13.2 Å². The highest BCUT2D eigenvalue weighted by molar-refractivity contribution is 5.85. The van der Waals surface area contributed by atoms with Gasteiger partial charge in [-0.05, 0) is 0 Å². The molecule has 0 saturated heterocycles. The van der Waals surface area contributed by atoms with Gasteiger partial charge in [0.05, 0.1) is 6.61 Å². The van der Waals surface area contributed by atoms with Gasteiger partial charge in [0.15, 0.2) is 0 Å². The first-order chi connectivity index (χ1) is 3.91. The van der Waals surface area contributed by atoms with Gasteiger partial charge in [0, 0.05) is 6.54 Å². The molecule has 0 radical (unpaired) electrons. The summed E-state index contributed by atoms with van der Waals surface area (Å²) in [7, 11) is 0. The predicted molar refractivity (Wildman–Crippen MR) is 41.6 cm³/mol. The molecule has 0 amide bonds. The van der Waals surface area contributed by atoms with E-state index in [1.54, 1.807) is 12.2 Å². The fourth-order valence-electron chi connectivity index (χ4n) is 0.236. The Morgan fingerprint density at radius 1 is 1.33 bits per heavy atom. The molecule has 0 aliphatic carbocycles. The molecular formula is C6H12ClNO. The maximum Gasteiger partial charge on any atom is 0.0861 e. The number of hydroxylamine groups is 1. The summed E-state index contributed by atoms with van der Waals surface area (Å²) in [5, 5.41) is 0. The van der Waals surface area contributed by atoms with Gasteiger partial charge in [-0.3, -0.25) is 4.84 Å². The van der Waals surface area contributed by atoms with Crippen molar-refractivity contribution in [2.24, 2.45) is 0 Å². The van der Waals surface area contributed by atoms with Crippen molar-refractivity contribution >= 4 is 12.4 Å². The number of halogens is 1. The van der Waals surface area contributed by atoms with Gasteiger partial charge in [-0.15, -0.1) is 25.6 Å². The van der Waals surface area contributed by atoms with E-state index < -0.39 is 0 Å². The van der Waals surface area contributed by atoms with E-state index in [2.05, 4.69) is 18.6 Å². The largest absolute Gasteiger partial charge is 0.297 e. The Bertz CT molecular complexity index is 65.5. The molecule has 9 heavy (non-hydrogen) atoms. The number of hydrogen-bond acceptors (Lipinski definition) is 2. The molecule has 0 saturated carbocycles. The molecule has 0 spiro atoms.